The average molecular weight is 418 g/mol. The van der Waals surface area contributed by atoms with E-state index >= 15 is 0 Å². The van der Waals surface area contributed by atoms with Gasteiger partial charge in [0.05, 0.1) is 18.4 Å². The molecule has 0 radical (unpaired) electrons. The summed E-state index contributed by atoms with van der Waals surface area (Å²) in [5, 5.41) is 12.6. The van der Waals surface area contributed by atoms with Crippen LogP contribution in [0.2, 0.25) is 0 Å². The molecular weight excluding hydrogens is 392 g/mol. The molecule has 160 valence electrons. The van der Waals surface area contributed by atoms with Gasteiger partial charge in [-0.2, -0.15) is 5.26 Å². The Labute approximate surface area is 181 Å². The predicted octanol–water partition coefficient (Wildman–Crippen LogP) is 3.27. The van der Waals surface area contributed by atoms with E-state index in [1.54, 1.807) is 24.3 Å². The minimum absolute atomic E-state index is 0.0538. The monoisotopic (exact) mass is 418 g/mol. The summed E-state index contributed by atoms with van der Waals surface area (Å²) in [6.07, 6.45) is 7.91. The van der Waals surface area contributed by atoms with Gasteiger partial charge in [0.1, 0.15) is 6.07 Å². The molecule has 31 heavy (non-hydrogen) atoms. The fraction of sp³-hybridized carbons (Fsp3) is 0.458. The van der Waals surface area contributed by atoms with E-state index in [0.29, 0.717) is 23.1 Å². The maximum atomic E-state index is 13.0. The number of aromatic nitrogens is 1. The summed E-state index contributed by atoms with van der Waals surface area (Å²) in [6.45, 7) is 0. The zero-order valence-corrected chi connectivity index (χ0v) is 17.5. The number of anilines is 1. The lowest BCUT2D eigenvalue weighted by Gasteiger charge is -2.54. The highest BCUT2D eigenvalue weighted by atomic mass is 16.5. The lowest BCUT2D eigenvalue weighted by atomic mass is 9.54. The number of nitriles is 1. The van der Waals surface area contributed by atoms with Crippen LogP contribution in [0.3, 0.4) is 0 Å². The van der Waals surface area contributed by atoms with Gasteiger partial charge in [-0.15, -0.1) is 0 Å². The molecule has 4 aliphatic carbocycles. The Morgan fingerprint density at radius 3 is 2.26 bits per heavy atom. The van der Waals surface area contributed by atoms with Gasteiger partial charge in [-0.1, -0.05) is 0 Å². The van der Waals surface area contributed by atoms with E-state index in [1.807, 2.05) is 6.07 Å². The first-order chi connectivity index (χ1) is 15.0. The van der Waals surface area contributed by atoms with Gasteiger partial charge in [0.15, 0.2) is 5.69 Å². The van der Waals surface area contributed by atoms with Gasteiger partial charge < -0.3 is 20.4 Å². The molecule has 7 heteroatoms. The Balaban J connectivity index is 1.36. The summed E-state index contributed by atoms with van der Waals surface area (Å²) in [7, 11) is 1.27. The number of ether oxygens (including phenoxy) is 1. The molecule has 4 aliphatic rings. The van der Waals surface area contributed by atoms with Crippen molar-refractivity contribution in [3.63, 3.8) is 0 Å². The summed E-state index contributed by atoms with van der Waals surface area (Å²) in [5.41, 5.74) is 7.55. The average Bonchev–Trinajstić information content (AvgIpc) is 3.11. The fourth-order valence-corrected chi connectivity index (χ4v) is 6.29. The van der Waals surface area contributed by atoms with Crippen LogP contribution in [0.15, 0.2) is 30.5 Å². The van der Waals surface area contributed by atoms with Crippen LogP contribution in [-0.2, 0) is 4.74 Å². The first-order valence-corrected chi connectivity index (χ1v) is 10.9. The number of carbonyl (C=O) groups excluding carboxylic acids is 2. The second-order valence-corrected chi connectivity index (χ2v) is 9.26. The van der Waals surface area contributed by atoms with Gasteiger partial charge in [-0.3, -0.25) is 4.79 Å². The van der Waals surface area contributed by atoms with Crippen LogP contribution in [0.1, 0.15) is 58.5 Å². The number of esters is 1. The van der Waals surface area contributed by atoms with Gasteiger partial charge in [-0.25, -0.2) is 4.79 Å². The number of hydrogen-bond acceptors (Lipinski definition) is 5. The number of nitrogens with two attached hydrogens (primary N) is 1. The third-order valence-corrected chi connectivity index (χ3v) is 7.48. The minimum atomic E-state index is -0.622. The molecule has 7 nitrogen and oxygen atoms in total. The number of benzene rings is 1. The Morgan fingerprint density at radius 1 is 1.10 bits per heavy atom. The minimum Gasteiger partial charge on any atom is -0.464 e. The Morgan fingerprint density at radius 2 is 1.71 bits per heavy atom. The summed E-state index contributed by atoms with van der Waals surface area (Å²) in [4.78, 5) is 25.1. The normalized spacial score (nSPS) is 28.2. The van der Waals surface area contributed by atoms with Crippen molar-refractivity contribution in [3.05, 3.63) is 47.3 Å². The molecule has 2 aromatic rings. The molecule has 3 N–H and O–H groups in total. The number of carbonyl (C=O) groups is 2. The molecule has 0 saturated heterocycles. The van der Waals surface area contributed by atoms with Gasteiger partial charge in [-0.05, 0) is 80.0 Å². The van der Waals surface area contributed by atoms with Crippen molar-refractivity contribution in [2.24, 2.45) is 23.7 Å². The zero-order valence-electron chi connectivity index (χ0n) is 17.5. The van der Waals surface area contributed by atoms with Crippen LogP contribution < -0.4 is 11.1 Å². The molecule has 0 spiro atoms. The van der Waals surface area contributed by atoms with Crippen LogP contribution in [0.5, 0.6) is 0 Å². The van der Waals surface area contributed by atoms with Crippen molar-refractivity contribution >= 4 is 17.6 Å². The Hall–Kier alpha value is -3.27. The van der Waals surface area contributed by atoms with Crippen molar-refractivity contribution in [1.82, 2.24) is 9.88 Å². The molecule has 1 aromatic heterocycles. The van der Waals surface area contributed by atoms with E-state index in [0.717, 1.165) is 11.8 Å². The number of amides is 1. The molecule has 4 bridgehead atoms. The smallest absolute Gasteiger partial charge is 0.357 e. The van der Waals surface area contributed by atoms with Crippen LogP contribution in [0.25, 0.3) is 5.69 Å². The highest BCUT2D eigenvalue weighted by Crippen LogP contribution is 2.53. The third kappa shape index (κ3) is 3.27. The molecule has 4 saturated carbocycles. The molecule has 0 unspecified atom stereocenters. The molecule has 0 atom stereocenters. The van der Waals surface area contributed by atoms with Crippen LogP contribution in [-0.4, -0.2) is 29.6 Å². The van der Waals surface area contributed by atoms with E-state index in [2.05, 4.69) is 5.32 Å². The van der Waals surface area contributed by atoms with E-state index in [1.165, 1.54) is 50.0 Å². The third-order valence-electron chi connectivity index (χ3n) is 7.48. The van der Waals surface area contributed by atoms with Crippen LogP contribution in [0.4, 0.5) is 5.69 Å². The zero-order chi connectivity index (χ0) is 21.7. The first-order valence-electron chi connectivity index (χ1n) is 10.9. The summed E-state index contributed by atoms with van der Waals surface area (Å²) in [5.74, 6) is 2.30. The molecule has 1 aromatic carbocycles. The van der Waals surface area contributed by atoms with Gasteiger partial charge in [0, 0.05) is 23.5 Å². The highest BCUT2D eigenvalue weighted by molar-refractivity contribution is 5.96. The summed E-state index contributed by atoms with van der Waals surface area (Å²) < 4.78 is 6.34. The van der Waals surface area contributed by atoms with E-state index < -0.39 is 5.97 Å². The molecule has 1 heterocycles. The lowest BCUT2D eigenvalue weighted by Crippen LogP contribution is -2.55. The van der Waals surface area contributed by atoms with Crippen molar-refractivity contribution in [3.8, 4) is 11.8 Å². The van der Waals surface area contributed by atoms with Gasteiger partial charge in [0.2, 0.25) is 0 Å². The number of rotatable bonds is 4. The first kappa shape index (κ1) is 19.7. The number of nitrogens with one attached hydrogen (secondary N) is 1. The quantitative estimate of drug-likeness (QED) is 0.741. The Kier molecular flexibility index (Phi) is 4.73. The van der Waals surface area contributed by atoms with E-state index in [9.17, 15) is 14.9 Å². The molecule has 6 rings (SSSR count). The van der Waals surface area contributed by atoms with E-state index in [4.69, 9.17) is 10.5 Å². The second kappa shape index (κ2) is 7.45. The standard InChI is InChI=1S/C24H26N4O3/c1-31-24(30)22-20(26)18(11-25)12-28(22)19-4-2-15(3-5-19)23(29)27-21-16-7-13-6-14(9-16)10-17(21)8-13/h2-5,12-14,16-17,21H,6-10,26H2,1H3,(H,27,29). The highest BCUT2D eigenvalue weighted by Gasteiger charge is 2.48. The molecule has 0 aliphatic heterocycles. The predicted molar refractivity (Wildman–Crippen MR) is 115 cm³/mol. The van der Waals surface area contributed by atoms with Crippen molar-refractivity contribution in [1.29, 1.82) is 5.26 Å². The van der Waals surface area contributed by atoms with Gasteiger partial charge >= 0.3 is 5.97 Å². The van der Waals surface area contributed by atoms with Crippen molar-refractivity contribution < 1.29 is 14.3 Å². The molecule has 1 amide bonds. The van der Waals surface area contributed by atoms with Crippen LogP contribution in [0, 0.1) is 35.0 Å². The maximum absolute atomic E-state index is 13.0. The Bertz CT molecular complexity index is 1050. The summed E-state index contributed by atoms with van der Waals surface area (Å²) in [6, 6.07) is 9.25. The van der Waals surface area contributed by atoms with Gasteiger partial charge in [0.25, 0.3) is 5.91 Å². The fourth-order valence-electron chi connectivity index (χ4n) is 6.29. The number of hydrogen-bond donors (Lipinski definition) is 2. The van der Waals surface area contributed by atoms with Crippen LogP contribution >= 0.6 is 0 Å². The van der Waals surface area contributed by atoms with E-state index in [-0.39, 0.29) is 28.9 Å². The topological polar surface area (TPSA) is 110 Å². The number of methoxy groups -OCH3 is 1. The number of nitrogen functional groups attached to an aromatic ring is 1. The van der Waals surface area contributed by atoms with Crippen molar-refractivity contribution in [2.75, 3.05) is 12.8 Å². The summed E-state index contributed by atoms with van der Waals surface area (Å²) >= 11 is 0. The lowest BCUT2D eigenvalue weighted by molar-refractivity contribution is -0.0119. The maximum Gasteiger partial charge on any atom is 0.357 e. The molecular formula is C24H26N4O3. The second-order valence-electron chi connectivity index (χ2n) is 9.26. The van der Waals surface area contributed by atoms with Crippen molar-refractivity contribution in [2.45, 2.75) is 38.1 Å². The number of nitrogens with zero attached hydrogens (tertiary/aromatic N) is 2. The molecule has 4 fully saturated rings. The largest absolute Gasteiger partial charge is 0.464 e. The SMILES string of the molecule is COC(=O)c1c(N)c(C#N)cn1-c1ccc(C(=O)NC2C3CC4CC(C3)CC2C4)cc1.